The van der Waals surface area contributed by atoms with Crippen LogP contribution in [0.1, 0.15) is 20.7 Å². The van der Waals surface area contributed by atoms with E-state index < -0.39 is 27.6 Å². The van der Waals surface area contributed by atoms with E-state index in [0.717, 1.165) is 12.1 Å². The summed E-state index contributed by atoms with van der Waals surface area (Å²) < 4.78 is 26.9. The first-order valence-electron chi connectivity index (χ1n) is 6.66. The Kier molecular flexibility index (Phi) is 4.74. The van der Waals surface area contributed by atoms with Gasteiger partial charge in [-0.25, -0.2) is 13.2 Å². The van der Waals surface area contributed by atoms with Crippen LogP contribution >= 0.6 is 0 Å². The van der Waals surface area contributed by atoms with Gasteiger partial charge in [0.1, 0.15) is 11.3 Å². The van der Waals surface area contributed by atoms with Crippen LogP contribution in [0.25, 0.3) is 0 Å². The largest absolute Gasteiger partial charge is 0.507 e. The molecular weight excluding hydrogens is 336 g/mol. The molecule has 4 N–H and O–H groups in total. The predicted molar refractivity (Wildman–Crippen MR) is 85.7 cm³/mol. The van der Waals surface area contributed by atoms with Crippen molar-refractivity contribution in [1.82, 2.24) is 5.32 Å². The van der Waals surface area contributed by atoms with E-state index in [1.807, 2.05) is 0 Å². The van der Waals surface area contributed by atoms with Crippen molar-refractivity contribution in [3.05, 3.63) is 53.6 Å². The molecule has 2 rings (SSSR count). The van der Waals surface area contributed by atoms with Crippen molar-refractivity contribution in [3.8, 4) is 5.75 Å². The Morgan fingerprint density at radius 1 is 1.08 bits per heavy atom. The van der Waals surface area contributed by atoms with Crippen molar-refractivity contribution in [2.45, 2.75) is 4.90 Å². The molecule has 0 spiro atoms. The number of nitrogens with one attached hydrogen (secondary N) is 2. The topological polar surface area (TPSA) is 133 Å². The predicted octanol–water partition coefficient (Wildman–Crippen LogP) is 1.25. The van der Waals surface area contributed by atoms with Crippen LogP contribution in [0.4, 0.5) is 5.69 Å². The lowest BCUT2D eigenvalue weighted by Gasteiger charge is -2.10. The Morgan fingerprint density at radius 2 is 1.79 bits per heavy atom. The van der Waals surface area contributed by atoms with E-state index in [2.05, 4.69) is 10.0 Å². The van der Waals surface area contributed by atoms with Gasteiger partial charge < -0.3 is 15.5 Å². The number of rotatable bonds is 5. The maximum atomic E-state index is 12.4. The van der Waals surface area contributed by atoms with E-state index in [0.29, 0.717) is 0 Å². The first-order chi connectivity index (χ1) is 11.2. The third-order valence-corrected chi connectivity index (χ3v) is 4.49. The van der Waals surface area contributed by atoms with Crippen molar-refractivity contribution in [2.24, 2.45) is 0 Å². The Hall–Kier alpha value is -3.07. The van der Waals surface area contributed by atoms with Crippen molar-refractivity contribution in [3.63, 3.8) is 0 Å². The standard InChI is InChI=1S/C15H14N2O6S/c1-16-14(19)9-3-2-4-11(7-9)24(22,23)17-10-5-6-12(15(20)21)13(18)8-10/h2-8,17-18H,1H3,(H,16,19)(H,20,21). The third-order valence-electron chi connectivity index (χ3n) is 3.11. The zero-order chi connectivity index (χ0) is 17.9. The number of phenols is 1. The minimum absolute atomic E-state index is 0.0113. The Bertz CT molecular complexity index is 908. The summed E-state index contributed by atoms with van der Waals surface area (Å²) in [7, 11) is -2.59. The zero-order valence-corrected chi connectivity index (χ0v) is 13.3. The van der Waals surface area contributed by atoms with Crippen LogP contribution in [0.2, 0.25) is 0 Å². The van der Waals surface area contributed by atoms with Gasteiger partial charge in [0.05, 0.1) is 10.6 Å². The molecule has 0 fully saturated rings. The summed E-state index contributed by atoms with van der Waals surface area (Å²) in [5.41, 5.74) is -0.188. The molecule has 2 aromatic carbocycles. The van der Waals surface area contributed by atoms with Gasteiger partial charge in [0.15, 0.2) is 0 Å². The minimum Gasteiger partial charge on any atom is -0.507 e. The number of benzene rings is 2. The quantitative estimate of drug-likeness (QED) is 0.641. The van der Waals surface area contributed by atoms with Crippen molar-refractivity contribution in [2.75, 3.05) is 11.8 Å². The highest BCUT2D eigenvalue weighted by molar-refractivity contribution is 7.92. The number of carboxylic acids is 1. The fraction of sp³-hybridized carbons (Fsp3) is 0.0667. The number of sulfonamides is 1. The van der Waals surface area contributed by atoms with E-state index in [9.17, 15) is 23.1 Å². The van der Waals surface area contributed by atoms with Crippen molar-refractivity contribution >= 4 is 27.6 Å². The lowest BCUT2D eigenvalue weighted by atomic mass is 10.2. The number of aromatic carboxylic acids is 1. The molecule has 8 nitrogen and oxygen atoms in total. The van der Waals surface area contributed by atoms with Gasteiger partial charge in [-0.1, -0.05) is 6.07 Å². The fourth-order valence-corrected chi connectivity index (χ4v) is 3.03. The smallest absolute Gasteiger partial charge is 0.339 e. The van der Waals surface area contributed by atoms with Gasteiger partial charge in [-0.05, 0) is 30.3 Å². The van der Waals surface area contributed by atoms with E-state index >= 15 is 0 Å². The first kappa shape index (κ1) is 17.3. The molecule has 0 radical (unpaired) electrons. The van der Waals surface area contributed by atoms with Gasteiger partial charge >= 0.3 is 5.97 Å². The highest BCUT2D eigenvalue weighted by atomic mass is 32.2. The summed E-state index contributed by atoms with van der Waals surface area (Å²) >= 11 is 0. The molecule has 2 aromatic rings. The molecule has 0 aliphatic heterocycles. The maximum Gasteiger partial charge on any atom is 0.339 e. The Labute approximate surface area is 137 Å². The number of carbonyl (C=O) groups excluding carboxylic acids is 1. The molecule has 0 saturated carbocycles. The normalized spacial score (nSPS) is 10.9. The average Bonchev–Trinajstić information content (AvgIpc) is 2.53. The highest BCUT2D eigenvalue weighted by Crippen LogP contribution is 2.24. The van der Waals surface area contributed by atoms with Crippen LogP contribution in [-0.4, -0.2) is 37.6 Å². The molecule has 0 atom stereocenters. The van der Waals surface area contributed by atoms with Gasteiger partial charge in [0, 0.05) is 18.7 Å². The molecule has 0 saturated heterocycles. The summed E-state index contributed by atoms with van der Waals surface area (Å²) in [5, 5.41) is 20.8. The molecule has 0 heterocycles. The van der Waals surface area contributed by atoms with Crippen LogP contribution in [0.5, 0.6) is 5.75 Å². The highest BCUT2D eigenvalue weighted by Gasteiger charge is 2.18. The second-order valence-electron chi connectivity index (χ2n) is 4.75. The van der Waals surface area contributed by atoms with Crippen LogP contribution in [0, 0.1) is 0 Å². The number of hydrogen-bond acceptors (Lipinski definition) is 5. The molecule has 0 aliphatic rings. The lowest BCUT2D eigenvalue weighted by Crippen LogP contribution is -2.19. The second-order valence-corrected chi connectivity index (χ2v) is 6.43. The molecule has 0 aliphatic carbocycles. The van der Waals surface area contributed by atoms with Gasteiger partial charge in [-0.2, -0.15) is 0 Å². The number of anilines is 1. The number of carboxylic acid groups (broad SMARTS) is 1. The number of carbonyl (C=O) groups is 2. The summed E-state index contributed by atoms with van der Waals surface area (Å²) in [5.74, 6) is -2.34. The number of amides is 1. The monoisotopic (exact) mass is 350 g/mol. The van der Waals surface area contributed by atoms with Crippen molar-refractivity contribution < 1.29 is 28.2 Å². The maximum absolute atomic E-state index is 12.4. The average molecular weight is 350 g/mol. The van der Waals surface area contributed by atoms with E-state index in [1.54, 1.807) is 0 Å². The van der Waals surface area contributed by atoms with E-state index in [1.165, 1.54) is 37.4 Å². The number of hydrogen-bond donors (Lipinski definition) is 4. The SMILES string of the molecule is CNC(=O)c1cccc(S(=O)(=O)Nc2ccc(C(=O)O)c(O)c2)c1. The van der Waals surface area contributed by atoms with Gasteiger partial charge in [-0.3, -0.25) is 9.52 Å². The summed E-state index contributed by atoms with van der Waals surface area (Å²) in [6.07, 6.45) is 0. The molecule has 24 heavy (non-hydrogen) atoms. The van der Waals surface area contributed by atoms with Gasteiger partial charge in [0.2, 0.25) is 0 Å². The zero-order valence-electron chi connectivity index (χ0n) is 12.5. The molecule has 0 bridgehead atoms. The van der Waals surface area contributed by atoms with Crippen LogP contribution < -0.4 is 10.0 Å². The molecule has 0 unspecified atom stereocenters. The molecule has 1 amide bonds. The van der Waals surface area contributed by atoms with E-state index in [4.69, 9.17) is 5.11 Å². The number of aromatic hydroxyl groups is 1. The molecule has 126 valence electrons. The third kappa shape index (κ3) is 3.63. The van der Waals surface area contributed by atoms with Crippen LogP contribution in [-0.2, 0) is 10.0 Å². The van der Waals surface area contributed by atoms with Crippen molar-refractivity contribution in [1.29, 1.82) is 0 Å². The van der Waals surface area contributed by atoms with Gasteiger partial charge in [0.25, 0.3) is 15.9 Å². The summed E-state index contributed by atoms with van der Waals surface area (Å²) in [6.45, 7) is 0. The summed E-state index contributed by atoms with van der Waals surface area (Å²) in [4.78, 5) is 22.3. The second kappa shape index (κ2) is 6.59. The summed E-state index contributed by atoms with van der Waals surface area (Å²) in [6, 6.07) is 8.67. The first-order valence-corrected chi connectivity index (χ1v) is 8.14. The lowest BCUT2D eigenvalue weighted by molar-refractivity contribution is 0.0693. The van der Waals surface area contributed by atoms with Crippen LogP contribution in [0.15, 0.2) is 47.4 Å². The fourth-order valence-electron chi connectivity index (χ4n) is 1.94. The van der Waals surface area contributed by atoms with Crippen LogP contribution in [0.3, 0.4) is 0 Å². The molecule has 9 heteroatoms. The molecular formula is C15H14N2O6S. The minimum atomic E-state index is -4.02. The Morgan fingerprint density at radius 3 is 2.38 bits per heavy atom. The molecule has 0 aromatic heterocycles. The van der Waals surface area contributed by atoms with E-state index in [-0.39, 0.29) is 21.7 Å². The Balaban J connectivity index is 2.34. The van der Waals surface area contributed by atoms with Gasteiger partial charge in [-0.15, -0.1) is 0 Å².